The first-order valence-electron chi connectivity index (χ1n) is 6.50. The molecular formula is C15H18O5. The van der Waals surface area contributed by atoms with E-state index in [0.29, 0.717) is 5.56 Å². The molecule has 20 heavy (non-hydrogen) atoms. The fourth-order valence-corrected chi connectivity index (χ4v) is 1.62. The normalized spacial score (nSPS) is 9.90. The number of hydrogen-bond donors (Lipinski definition) is 0. The Kier molecular flexibility index (Phi) is 6.43. The van der Waals surface area contributed by atoms with Gasteiger partial charge in [0.25, 0.3) is 0 Å². The predicted molar refractivity (Wildman–Crippen MR) is 72.1 cm³/mol. The second kappa shape index (κ2) is 8.09. The third kappa shape index (κ3) is 5.65. The van der Waals surface area contributed by atoms with Crippen LogP contribution in [0.5, 0.6) is 0 Å². The largest absolute Gasteiger partial charge is 0.461 e. The third-order valence-corrected chi connectivity index (χ3v) is 2.53. The molecule has 0 aliphatic heterocycles. The van der Waals surface area contributed by atoms with Gasteiger partial charge in [-0.05, 0) is 24.1 Å². The summed E-state index contributed by atoms with van der Waals surface area (Å²) in [5, 5.41) is 0. The van der Waals surface area contributed by atoms with Crippen LogP contribution in [0.1, 0.15) is 42.6 Å². The number of aryl methyl sites for hydroxylation is 1. The van der Waals surface area contributed by atoms with Gasteiger partial charge >= 0.3 is 17.9 Å². The Morgan fingerprint density at radius 2 is 1.75 bits per heavy atom. The van der Waals surface area contributed by atoms with Crippen LogP contribution in [0, 0.1) is 0 Å². The van der Waals surface area contributed by atoms with Crippen molar-refractivity contribution in [2.75, 3.05) is 6.61 Å². The number of ether oxygens (including phenoxy) is 2. The summed E-state index contributed by atoms with van der Waals surface area (Å²) in [6.07, 6.45) is 1.87. The lowest BCUT2D eigenvalue weighted by molar-refractivity contribution is -0.158. The molecule has 5 nitrogen and oxygen atoms in total. The van der Waals surface area contributed by atoms with Crippen molar-refractivity contribution in [1.82, 2.24) is 0 Å². The van der Waals surface area contributed by atoms with Crippen molar-refractivity contribution in [1.29, 1.82) is 0 Å². The Bertz CT molecular complexity index is 476. The number of esters is 3. The zero-order chi connectivity index (χ0) is 15.0. The molecule has 0 heterocycles. The van der Waals surface area contributed by atoms with Gasteiger partial charge in [-0.2, -0.15) is 0 Å². The molecule has 0 radical (unpaired) electrons. The van der Waals surface area contributed by atoms with E-state index in [1.54, 1.807) is 12.1 Å². The van der Waals surface area contributed by atoms with E-state index in [-0.39, 0.29) is 13.0 Å². The van der Waals surface area contributed by atoms with Crippen molar-refractivity contribution in [2.45, 2.75) is 33.1 Å². The molecule has 108 valence electrons. The lowest BCUT2D eigenvalue weighted by Gasteiger charge is -2.05. The molecule has 0 bridgehead atoms. The Hall–Kier alpha value is -2.17. The van der Waals surface area contributed by atoms with Gasteiger partial charge in [-0.25, -0.2) is 4.79 Å². The maximum Gasteiger partial charge on any atom is 0.338 e. The van der Waals surface area contributed by atoms with Crippen molar-refractivity contribution in [3.05, 3.63) is 35.4 Å². The molecule has 1 aromatic carbocycles. The molecule has 0 aromatic heterocycles. The third-order valence-electron chi connectivity index (χ3n) is 2.53. The number of carbonyl (C=O) groups is 3. The summed E-state index contributed by atoms with van der Waals surface area (Å²) in [7, 11) is 0. The van der Waals surface area contributed by atoms with Crippen LogP contribution < -0.4 is 0 Å². The van der Waals surface area contributed by atoms with E-state index in [1.165, 1.54) is 0 Å². The molecule has 0 spiro atoms. The minimum absolute atomic E-state index is 0.109. The van der Waals surface area contributed by atoms with Crippen LogP contribution in [0.2, 0.25) is 0 Å². The molecule has 0 saturated heterocycles. The molecule has 0 aliphatic carbocycles. The van der Waals surface area contributed by atoms with Crippen LogP contribution in [0.4, 0.5) is 0 Å². The maximum absolute atomic E-state index is 11.7. The second-order valence-electron chi connectivity index (χ2n) is 4.30. The fourth-order valence-electron chi connectivity index (χ4n) is 1.62. The van der Waals surface area contributed by atoms with Gasteiger partial charge in [0.2, 0.25) is 0 Å². The number of rotatable bonds is 6. The van der Waals surface area contributed by atoms with Gasteiger partial charge < -0.3 is 9.47 Å². The minimum Gasteiger partial charge on any atom is -0.461 e. The van der Waals surface area contributed by atoms with Gasteiger partial charge in [0.15, 0.2) is 0 Å². The van der Waals surface area contributed by atoms with Crippen LogP contribution in [0.3, 0.4) is 0 Å². The molecule has 1 aromatic rings. The summed E-state index contributed by atoms with van der Waals surface area (Å²) in [4.78, 5) is 33.2. The van der Waals surface area contributed by atoms with Gasteiger partial charge in [0.05, 0.1) is 12.0 Å². The second-order valence-corrected chi connectivity index (χ2v) is 4.30. The van der Waals surface area contributed by atoms with Gasteiger partial charge in [-0.15, -0.1) is 0 Å². The van der Waals surface area contributed by atoms with Gasteiger partial charge in [-0.3, -0.25) is 9.59 Å². The number of carbonyl (C=O) groups excluding carboxylic acids is 3. The van der Waals surface area contributed by atoms with Crippen molar-refractivity contribution in [3.8, 4) is 0 Å². The lowest BCUT2D eigenvalue weighted by Crippen LogP contribution is -2.14. The lowest BCUT2D eigenvalue weighted by atomic mass is 10.1. The van der Waals surface area contributed by atoms with Gasteiger partial charge in [0, 0.05) is 6.92 Å². The average Bonchev–Trinajstić information content (AvgIpc) is 2.39. The number of hydrogen-bond acceptors (Lipinski definition) is 5. The van der Waals surface area contributed by atoms with Crippen molar-refractivity contribution >= 4 is 17.9 Å². The molecule has 0 saturated carbocycles. The first-order chi connectivity index (χ1) is 9.52. The molecule has 0 amide bonds. The Labute approximate surface area is 117 Å². The van der Waals surface area contributed by atoms with E-state index >= 15 is 0 Å². The van der Waals surface area contributed by atoms with Crippen molar-refractivity contribution in [2.24, 2.45) is 0 Å². The summed E-state index contributed by atoms with van der Waals surface area (Å²) in [5.41, 5.74) is 1.60. The van der Waals surface area contributed by atoms with Crippen LogP contribution in [0.25, 0.3) is 0 Å². The Morgan fingerprint density at radius 3 is 2.30 bits per heavy atom. The van der Waals surface area contributed by atoms with Crippen LogP contribution in [-0.2, 0) is 25.5 Å². The van der Waals surface area contributed by atoms with Crippen LogP contribution >= 0.6 is 0 Å². The SMILES string of the molecule is CCCc1ccc(C(=O)OCCC(=O)OC(C)=O)cc1. The first kappa shape index (κ1) is 15.9. The predicted octanol–water partition coefficient (Wildman–Crippen LogP) is 2.28. The molecule has 5 heteroatoms. The average molecular weight is 278 g/mol. The van der Waals surface area contributed by atoms with Crippen LogP contribution in [0.15, 0.2) is 24.3 Å². The highest BCUT2D eigenvalue weighted by molar-refractivity contribution is 5.89. The molecule has 0 atom stereocenters. The highest BCUT2D eigenvalue weighted by Gasteiger charge is 2.10. The first-order valence-corrected chi connectivity index (χ1v) is 6.50. The standard InChI is InChI=1S/C15H18O5/c1-3-4-12-5-7-13(8-6-12)15(18)19-10-9-14(17)20-11(2)16/h5-8H,3-4,9-10H2,1-2H3. The zero-order valence-electron chi connectivity index (χ0n) is 11.7. The highest BCUT2D eigenvalue weighted by Crippen LogP contribution is 2.08. The van der Waals surface area contributed by atoms with E-state index in [9.17, 15) is 14.4 Å². The van der Waals surface area contributed by atoms with Gasteiger partial charge in [-0.1, -0.05) is 25.5 Å². The molecule has 0 aliphatic rings. The summed E-state index contributed by atoms with van der Waals surface area (Å²) < 4.78 is 9.24. The smallest absolute Gasteiger partial charge is 0.338 e. The van der Waals surface area contributed by atoms with Crippen molar-refractivity contribution < 1.29 is 23.9 Å². The highest BCUT2D eigenvalue weighted by atomic mass is 16.6. The summed E-state index contributed by atoms with van der Waals surface area (Å²) in [5.74, 6) is -1.87. The number of benzene rings is 1. The maximum atomic E-state index is 11.7. The molecule has 0 fully saturated rings. The fraction of sp³-hybridized carbons (Fsp3) is 0.400. The molecule has 0 unspecified atom stereocenters. The van der Waals surface area contributed by atoms with E-state index in [4.69, 9.17) is 4.74 Å². The van der Waals surface area contributed by atoms with Gasteiger partial charge in [0.1, 0.15) is 6.61 Å². The Balaban J connectivity index is 2.39. The Morgan fingerprint density at radius 1 is 1.10 bits per heavy atom. The topological polar surface area (TPSA) is 69.7 Å². The quantitative estimate of drug-likeness (QED) is 0.589. The van der Waals surface area contributed by atoms with E-state index in [0.717, 1.165) is 25.3 Å². The van der Waals surface area contributed by atoms with E-state index < -0.39 is 17.9 Å². The van der Waals surface area contributed by atoms with Crippen molar-refractivity contribution in [3.63, 3.8) is 0 Å². The monoisotopic (exact) mass is 278 g/mol. The summed E-state index contributed by atoms with van der Waals surface area (Å²) in [6, 6.07) is 7.15. The zero-order valence-corrected chi connectivity index (χ0v) is 11.7. The summed E-state index contributed by atoms with van der Waals surface area (Å²) >= 11 is 0. The molecular weight excluding hydrogens is 260 g/mol. The molecule has 1 rings (SSSR count). The van der Waals surface area contributed by atoms with E-state index in [2.05, 4.69) is 11.7 Å². The minimum atomic E-state index is -0.705. The summed E-state index contributed by atoms with van der Waals surface area (Å²) in [6.45, 7) is 3.12. The van der Waals surface area contributed by atoms with E-state index in [1.807, 2.05) is 12.1 Å². The molecule has 0 N–H and O–H groups in total. The van der Waals surface area contributed by atoms with Crippen LogP contribution in [-0.4, -0.2) is 24.5 Å².